The third-order valence-electron chi connectivity index (χ3n) is 12.5. The fourth-order valence-corrected chi connectivity index (χ4v) is 8.61. The highest BCUT2D eigenvalue weighted by Crippen LogP contribution is 2.43. The lowest BCUT2D eigenvalue weighted by Crippen LogP contribution is -2.47. The second-order valence-electron chi connectivity index (χ2n) is 20.8. The number of quaternary nitrogens is 1. The highest BCUT2D eigenvalue weighted by Gasteiger charge is 2.30. The van der Waals surface area contributed by atoms with Crippen molar-refractivity contribution in [3.63, 3.8) is 0 Å². The molecule has 1 amide bonds. The molecule has 73 heavy (non-hydrogen) atoms. The van der Waals surface area contributed by atoms with Gasteiger partial charge in [0.1, 0.15) is 19.3 Å². The predicted molar refractivity (Wildman–Crippen MR) is 314 cm³/mol. The van der Waals surface area contributed by atoms with Gasteiger partial charge in [0.05, 0.1) is 33.8 Å². The van der Waals surface area contributed by atoms with Crippen molar-refractivity contribution in [3.8, 4) is 0 Å². The van der Waals surface area contributed by atoms with Crippen LogP contribution in [0, 0.1) is 0 Å². The maximum atomic E-state index is 13.5. The first kappa shape index (κ1) is 69.9. The van der Waals surface area contributed by atoms with E-state index in [0.29, 0.717) is 23.9 Å². The molecule has 10 heteroatoms. The van der Waals surface area contributed by atoms with Gasteiger partial charge in [-0.05, 0) is 109 Å². The fraction of sp³-hybridized carbons (Fsp3) is 0.714. The number of esters is 1. The molecule has 0 heterocycles. The number of phosphoric acid groups is 1. The summed E-state index contributed by atoms with van der Waals surface area (Å²) in [5, 5.41) is 3.01. The van der Waals surface area contributed by atoms with Gasteiger partial charge in [-0.1, -0.05) is 215 Å². The molecule has 3 atom stereocenters. The summed E-state index contributed by atoms with van der Waals surface area (Å²) in [4.78, 5) is 37.6. The highest BCUT2D eigenvalue weighted by molar-refractivity contribution is 7.47. The summed E-state index contributed by atoms with van der Waals surface area (Å²) >= 11 is 0. The Bertz CT molecular complexity index is 1570. The first-order valence-electron chi connectivity index (χ1n) is 29.6. The average molecular weight is 1040 g/mol. The van der Waals surface area contributed by atoms with Gasteiger partial charge in [0, 0.05) is 12.8 Å². The van der Waals surface area contributed by atoms with E-state index in [2.05, 4.69) is 111 Å². The molecule has 0 radical (unpaired) electrons. The van der Waals surface area contributed by atoms with Gasteiger partial charge in [0.15, 0.2) is 0 Å². The normalized spacial score (nSPS) is 14.5. The van der Waals surface area contributed by atoms with Gasteiger partial charge >= 0.3 is 13.8 Å². The van der Waals surface area contributed by atoms with E-state index in [-0.39, 0.29) is 37.9 Å². The summed E-state index contributed by atoms with van der Waals surface area (Å²) in [6.45, 7) is 6.88. The van der Waals surface area contributed by atoms with Gasteiger partial charge in [-0.2, -0.15) is 0 Å². The number of rotatable bonds is 52. The molecule has 0 saturated heterocycles. The number of nitrogens with zero attached hydrogens (tertiary/aromatic N) is 1. The van der Waals surface area contributed by atoms with Crippen LogP contribution in [0.4, 0.5) is 0 Å². The van der Waals surface area contributed by atoms with Crippen molar-refractivity contribution in [2.24, 2.45) is 0 Å². The Hall–Kier alpha value is -3.07. The Morgan fingerprint density at radius 3 is 1.30 bits per heavy atom. The molecule has 420 valence electrons. The van der Waals surface area contributed by atoms with Gasteiger partial charge in [0.25, 0.3) is 0 Å². The number of nitrogens with one attached hydrogen (secondary N) is 1. The molecule has 2 N–H and O–H groups in total. The maximum absolute atomic E-state index is 13.5. The standard InChI is InChI=1S/C63H111N2O7P/c1-7-10-13-16-19-22-25-28-30-32-34-37-40-43-46-49-52-55-62(66)64-60(59-71-73(68,69)70-58-57-65(4,5)6)61(54-51-48-45-42-39-36-27-24-21-18-15-12-9-3)72-63(67)56-53-50-47-44-41-38-35-33-31-29-26-23-20-17-14-11-8-2/h19-20,22-23,28-31,34-35,37-38,43,46,51,54,60-61H,7-18,21,24-27,32-33,36,39-42,44-45,47-50,52-53,55-59H2,1-6H3,(H-,64,66,68,69)/p+1/b22-19-,23-20-,30-28-,31-29-,37-34-,38-35-,46-43-,54-51+. The molecule has 0 aromatic rings. The largest absolute Gasteiger partial charge is 0.472 e. The molecule has 0 aromatic heterocycles. The van der Waals surface area contributed by atoms with Crippen molar-refractivity contribution in [2.45, 2.75) is 251 Å². The second kappa shape index (κ2) is 52.4. The smallest absolute Gasteiger partial charge is 0.456 e. The van der Waals surface area contributed by atoms with Crippen molar-refractivity contribution in [1.29, 1.82) is 0 Å². The Balaban J connectivity index is 5.50. The van der Waals surface area contributed by atoms with Gasteiger partial charge in [-0.15, -0.1) is 0 Å². The van der Waals surface area contributed by atoms with Crippen LogP contribution in [0.2, 0.25) is 0 Å². The quantitative estimate of drug-likeness (QED) is 0.0205. The molecule has 0 fully saturated rings. The molecule has 0 aromatic carbocycles. The van der Waals surface area contributed by atoms with E-state index in [1.54, 1.807) is 0 Å². The van der Waals surface area contributed by atoms with E-state index in [4.69, 9.17) is 13.8 Å². The number of unbranched alkanes of at least 4 members (excludes halogenated alkanes) is 22. The number of ether oxygens (including phenoxy) is 1. The molecule has 0 rings (SSSR count). The average Bonchev–Trinajstić information content (AvgIpc) is 3.35. The van der Waals surface area contributed by atoms with Gasteiger partial charge < -0.3 is 19.4 Å². The molecule has 0 aliphatic heterocycles. The topological polar surface area (TPSA) is 111 Å². The number of hydrogen-bond acceptors (Lipinski definition) is 6. The summed E-state index contributed by atoms with van der Waals surface area (Å²) < 4.78 is 30.6. The zero-order valence-electron chi connectivity index (χ0n) is 47.8. The van der Waals surface area contributed by atoms with Crippen LogP contribution in [-0.4, -0.2) is 74.3 Å². The van der Waals surface area contributed by atoms with Crippen molar-refractivity contribution >= 4 is 19.7 Å². The van der Waals surface area contributed by atoms with Crippen molar-refractivity contribution in [2.75, 3.05) is 40.9 Å². The third kappa shape index (κ3) is 53.6. The number of hydrogen-bond donors (Lipinski definition) is 2. The molecule has 3 unspecified atom stereocenters. The number of likely N-dealkylation sites (N-methyl/N-ethyl adjacent to an activating group) is 1. The van der Waals surface area contributed by atoms with E-state index in [1.165, 1.54) is 109 Å². The number of allylic oxidation sites excluding steroid dienone is 15. The monoisotopic (exact) mass is 1040 g/mol. The minimum Gasteiger partial charge on any atom is -0.456 e. The van der Waals surface area contributed by atoms with Crippen LogP contribution in [-0.2, 0) is 27.9 Å². The SMILES string of the molecule is CCCCC/C=C\C/C=C\C/C=C\C/C=C\CCCC(=O)NC(COP(=O)(O)OCC[N+](C)(C)C)C(/C=C/CCCCCCCCCCCCC)OC(=O)CCCCCC/C=C\C/C=C\C/C=C\CCCCC. The minimum atomic E-state index is -4.47. The van der Waals surface area contributed by atoms with E-state index < -0.39 is 20.0 Å². The Labute approximate surface area is 449 Å². The fourth-order valence-electron chi connectivity index (χ4n) is 7.88. The molecule has 0 bridgehead atoms. The zero-order valence-corrected chi connectivity index (χ0v) is 48.7. The number of carbonyl (C=O) groups is 2. The van der Waals surface area contributed by atoms with Crippen LogP contribution < -0.4 is 5.32 Å². The summed E-state index contributed by atoms with van der Waals surface area (Å²) in [6, 6.07) is -0.891. The Kier molecular flexibility index (Phi) is 50.2. The van der Waals surface area contributed by atoms with Crippen LogP contribution in [0.3, 0.4) is 0 Å². The van der Waals surface area contributed by atoms with Crippen LogP contribution in [0.1, 0.15) is 239 Å². The number of amides is 1. The summed E-state index contributed by atoms with van der Waals surface area (Å²) in [5.41, 5.74) is 0. The summed E-state index contributed by atoms with van der Waals surface area (Å²) in [6.07, 6.45) is 69.8. The highest BCUT2D eigenvalue weighted by atomic mass is 31.2. The van der Waals surface area contributed by atoms with Crippen LogP contribution in [0.25, 0.3) is 0 Å². The first-order chi connectivity index (χ1) is 35.4. The number of carbonyl (C=O) groups excluding carboxylic acids is 2. The van der Waals surface area contributed by atoms with E-state index in [1.807, 2.05) is 33.3 Å². The third-order valence-corrected chi connectivity index (χ3v) is 13.5. The van der Waals surface area contributed by atoms with Crippen LogP contribution in [0.15, 0.2) is 97.2 Å². The lowest BCUT2D eigenvalue weighted by Gasteiger charge is -2.27. The molecule has 0 saturated carbocycles. The second-order valence-corrected chi connectivity index (χ2v) is 22.3. The predicted octanol–water partition coefficient (Wildman–Crippen LogP) is 18.0. The van der Waals surface area contributed by atoms with Gasteiger partial charge in [-0.25, -0.2) is 4.57 Å². The molecule has 0 aliphatic carbocycles. The van der Waals surface area contributed by atoms with Crippen molar-refractivity contribution < 1.29 is 37.3 Å². The molecule has 0 spiro atoms. The molecular weight excluding hydrogens is 928 g/mol. The Morgan fingerprint density at radius 2 is 0.849 bits per heavy atom. The zero-order chi connectivity index (χ0) is 53.6. The summed E-state index contributed by atoms with van der Waals surface area (Å²) in [5.74, 6) is -0.601. The lowest BCUT2D eigenvalue weighted by molar-refractivity contribution is -0.870. The Morgan fingerprint density at radius 1 is 0.479 bits per heavy atom. The van der Waals surface area contributed by atoms with Crippen LogP contribution >= 0.6 is 7.82 Å². The van der Waals surface area contributed by atoms with Gasteiger partial charge in [0.2, 0.25) is 5.91 Å². The van der Waals surface area contributed by atoms with E-state index >= 15 is 0 Å². The van der Waals surface area contributed by atoms with Gasteiger partial charge in [-0.3, -0.25) is 18.6 Å². The van der Waals surface area contributed by atoms with Crippen LogP contribution in [0.5, 0.6) is 0 Å². The molecular formula is C63H112N2O7P+. The maximum Gasteiger partial charge on any atom is 0.472 e. The van der Waals surface area contributed by atoms with E-state index in [9.17, 15) is 19.0 Å². The first-order valence-corrected chi connectivity index (χ1v) is 31.1. The number of phosphoric ester groups is 1. The minimum absolute atomic E-state index is 0.0219. The molecule has 9 nitrogen and oxygen atoms in total. The molecule has 0 aliphatic rings. The lowest BCUT2D eigenvalue weighted by atomic mass is 10.0. The van der Waals surface area contributed by atoms with Crippen molar-refractivity contribution in [3.05, 3.63) is 97.2 Å². The van der Waals surface area contributed by atoms with Crippen molar-refractivity contribution in [1.82, 2.24) is 5.32 Å². The summed E-state index contributed by atoms with van der Waals surface area (Å²) in [7, 11) is 1.44. The van der Waals surface area contributed by atoms with E-state index in [0.717, 1.165) is 83.5 Å².